The van der Waals surface area contributed by atoms with Gasteiger partial charge in [0, 0.05) is 29.3 Å². The van der Waals surface area contributed by atoms with Gasteiger partial charge < -0.3 is 19.4 Å². The van der Waals surface area contributed by atoms with Crippen LogP contribution < -0.4 is 10.1 Å². The van der Waals surface area contributed by atoms with Crippen molar-refractivity contribution in [2.24, 2.45) is 5.92 Å². The van der Waals surface area contributed by atoms with Gasteiger partial charge in [0.15, 0.2) is 5.75 Å². The number of hydrogen-bond donors (Lipinski definition) is 1. The summed E-state index contributed by atoms with van der Waals surface area (Å²) in [7, 11) is 0. The highest BCUT2D eigenvalue weighted by atomic mass is 19.1. The van der Waals surface area contributed by atoms with Gasteiger partial charge in [-0.15, -0.1) is 0 Å². The molecule has 1 N–H and O–H groups in total. The molecule has 1 aliphatic heterocycles. The van der Waals surface area contributed by atoms with Crippen molar-refractivity contribution in [1.82, 2.24) is 19.8 Å². The smallest absolute Gasteiger partial charge is 0.256 e. The molecule has 3 saturated carbocycles. The summed E-state index contributed by atoms with van der Waals surface area (Å²) in [5.41, 5.74) is 2.97. The lowest BCUT2D eigenvalue weighted by atomic mass is 9.50. The van der Waals surface area contributed by atoms with Crippen molar-refractivity contribution in [2.75, 3.05) is 6.54 Å². The summed E-state index contributed by atoms with van der Waals surface area (Å²) >= 11 is 0. The number of ether oxygens (including phenoxy) is 1. The van der Waals surface area contributed by atoms with E-state index in [9.17, 15) is 14.0 Å². The number of carbonyl (C=O) groups excluding carboxylic acids is 2. The van der Waals surface area contributed by atoms with E-state index in [1.165, 1.54) is 4.90 Å². The van der Waals surface area contributed by atoms with Crippen LogP contribution in [0.15, 0.2) is 41.1 Å². The predicted octanol–water partition coefficient (Wildman–Crippen LogP) is 4.95. The number of halogens is 1. The average molecular weight is 503 g/mol. The van der Waals surface area contributed by atoms with Crippen LogP contribution in [0.2, 0.25) is 0 Å². The summed E-state index contributed by atoms with van der Waals surface area (Å²) in [6.45, 7) is 5.45. The van der Waals surface area contributed by atoms with Crippen molar-refractivity contribution in [2.45, 2.75) is 57.8 Å². The third-order valence-electron chi connectivity index (χ3n) is 8.48. The lowest BCUT2D eigenvalue weighted by Crippen LogP contribution is -2.68. The van der Waals surface area contributed by atoms with Crippen molar-refractivity contribution >= 4 is 28.3 Å². The van der Waals surface area contributed by atoms with Gasteiger partial charge in [-0.3, -0.25) is 9.59 Å². The predicted molar refractivity (Wildman–Crippen MR) is 134 cm³/mol. The normalized spacial score (nSPS) is 25.9. The Morgan fingerprint density at radius 3 is 2.68 bits per heavy atom. The Balaban J connectivity index is 1.18. The second kappa shape index (κ2) is 7.57. The fourth-order valence-electron chi connectivity index (χ4n) is 6.11. The van der Waals surface area contributed by atoms with Crippen molar-refractivity contribution in [3.05, 3.63) is 59.1 Å². The van der Waals surface area contributed by atoms with E-state index >= 15 is 0 Å². The van der Waals surface area contributed by atoms with Crippen LogP contribution in [-0.4, -0.2) is 50.6 Å². The Morgan fingerprint density at radius 1 is 1.22 bits per heavy atom. The van der Waals surface area contributed by atoms with Crippen LogP contribution in [0.4, 0.5) is 4.39 Å². The quantitative estimate of drug-likeness (QED) is 0.417. The fraction of sp³-hybridized carbons (Fsp3) is 0.393. The van der Waals surface area contributed by atoms with Crippen molar-refractivity contribution in [3.8, 4) is 11.5 Å². The number of furan rings is 1. The van der Waals surface area contributed by atoms with Crippen molar-refractivity contribution in [1.29, 1.82) is 0 Å². The third-order valence-corrected chi connectivity index (χ3v) is 8.48. The molecule has 9 heteroatoms. The SMILES string of the molecule is Cc1oc2cc(Oc3ccnn4cc(C(=O)N5C[C@@H](F)[C@H]5C)c(C)c34)ccc2c1C(=O)NC12CC(C1)C2. The Bertz CT molecular complexity index is 1600. The first-order valence-electron chi connectivity index (χ1n) is 12.7. The lowest BCUT2D eigenvalue weighted by Gasteiger charge is -2.61. The molecular weight excluding hydrogens is 475 g/mol. The topological polar surface area (TPSA) is 89.1 Å². The van der Waals surface area contributed by atoms with E-state index < -0.39 is 12.2 Å². The van der Waals surface area contributed by atoms with Gasteiger partial charge in [0.1, 0.15) is 28.8 Å². The lowest BCUT2D eigenvalue weighted by molar-refractivity contribution is -0.0438. The van der Waals surface area contributed by atoms with Crippen molar-refractivity contribution < 1.29 is 23.1 Å². The summed E-state index contributed by atoms with van der Waals surface area (Å²) in [5, 5.41) is 8.30. The van der Waals surface area contributed by atoms with Gasteiger partial charge >= 0.3 is 0 Å². The second-order valence-electron chi connectivity index (χ2n) is 10.9. The first kappa shape index (κ1) is 22.3. The van der Waals surface area contributed by atoms with E-state index in [-0.39, 0.29) is 23.9 Å². The minimum atomic E-state index is -0.992. The number of benzene rings is 1. The average Bonchev–Trinajstić information content (AvgIpc) is 3.34. The Kier molecular flexibility index (Phi) is 4.57. The van der Waals surface area contributed by atoms with Gasteiger partial charge in [0.25, 0.3) is 11.8 Å². The number of fused-ring (bicyclic) bond motifs is 2. The molecule has 1 saturated heterocycles. The minimum absolute atomic E-state index is 0.00980. The number of hydrogen-bond acceptors (Lipinski definition) is 5. The molecule has 0 radical (unpaired) electrons. The molecule has 8 nitrogen and oxygen atoms in total. The molecule has 1 aromatic carbocycles. The van der Waals surface area contributed by atoms with E-state index in [1.807, 2.05) is 13.0 Å². The molecular formula is C28H27FN4O4. The van der Waals surface area contributed by atoms with Crippen LogP contribution in [0, 0.1) is 19.8 Å². The fourth-order valence-corrected chi connectivity index (χ4v) is 6.11. The standard InChI is InChI=1S/C28H27FN4O4/c1-14-20(27(35)32-13-21(29)15(32)2)12-33-25(14)22(6-7-30-33)37-18-4-5-19-23(8-18)36-16(3)24(19)26(34)31-28-9-17(10-28)11-28/h4-8,12,15,17,21H,9-11,13H2,1-3H3,(H,31,34)/t15-,17?,21-,28?/m1/s1. The summed E-state index contributed by atoms with van der Waals surface area (Å²) in [5.74, 6) is 2.11. The van der Waals surface area contributed by atoms with Gasteiger partial charge in [-0.2, -0.15) is 5.10 Å². The van der Waals surface area contributed by atoms with Crippen molar-refractivity contribution in [3.63, 3.8) is 0 Å². The number of amides is 2. The number of likely N-dealkylation sites (tertiary alicyclic amines) is 1. The highest BCUT2D eigenvalue weighted by Gasteiger charge is 2.57. The maximum Gasteiger partial charge on any atom is 0.256 e. The van der Waals surface area contributed by atoms with Gasteiger partial charge in [-0.25, -0.2) is 8.91 Å². The van der Waals surface area contributed by atoms with Crippen LogP contribution in [0.5, 0.6) is 11.5 Å². The molecule has 4 aliphatic rings. The molecule has 3 aromatic heterocycles. The van der Waals surface area contributed by atoms with Gasteiger partial charge in [0.2, 0.25) is 0 Å². The zero-order valence-corrected chi connectivity index (χ0v) is 20.9. The Labute approximate surface area is 212 Å². The van der Waals surface area contributed by atoms with Crippen LogP contribution in [0.3, 0.4) is 0 Å². The Morgan fingerprint density at radius 2 is 2.00 bits per heavy atom. The van der Waals surface area contributed by atoms with Crippen LogP contribution in [0.25, 0.3) is 16.5 Å². The number of carbonyl (C=O) groups is 2. The summed E-state index contributed by atoms with van der Waals surface area (Å²) < 4.78 is 27.4. The van der Waals surface area contributed by atoms with E-state index in [0.29, 0.717) is 45.0 Å². The first-order valence-corrected chi connectivity index (χ1v) is 12.7. The molecule has 3 aliphatic carbocycles. The monoisotopic (exact) mass is 502 g/mol. The van der Waals surface area contributed by atoms with Crippen LogP contribution in [0.1, 0.15) is 58.2 Å². The van der Waals surface area contributed by atoms with E-state index in [4.69, 9.17) is 9.15 Å². The first-order chi connectivity index (χ1) is 17.7. The minimum Gasteiger partial charge on any atom is -0.460 e. The largest absolute Gasteiger partial charge is 0.460 e. The molecule has 190 valence electrons. The number of aryl methyl sites for hydroxylation is 2. The van der Waals surface area contributed by atoms with E-state index in [0.717, 1.165) is 30.6 Å². The van der Waals surface area contributed by atoms with E-state index in [2.05, 4.69) is 10.4 Å². The summed E-state index contributed by atoms with van der Waals surface area (Å²) in [6, 6.07) is 6.72. The van der Waals surface area contributed by atoms with Crippen LogP contribution >= 0.6 is 0 Å². The molecule has 0 unspecified atom stereocenters. The highest BCUT2D eigenvalue weighted by Crippen LogP contribution is 2.57. The maximum absolute atomic E-state index is 13.7. The van der Waals surface area contributed by atoms with Gasteiger partial charge in [-0.05, 0) is 63.6 Å². The second-order valence-corrected chi connectivity index (χ2v) is 10.9. The molecule has 2 amide bonds. The molecule has 4 fully saturated rings. The van der Waals surface area contributed by atoms with Crippen LogP contribution in [-0.2, 0) is 0 Å². The highest BCUT2D eigenvalue weighted by molar-refractivity contribution is 6.08. The van der Waals surface area contributed by atoms with Gasteiger partial charge in [0.05, 0.1) is 29.9 Å². The molecule has 4 heterocycles. The molecule has 0 spiro atoms. The number of aromatic nitrogens is 2. The number of nitrogens with one attached hydrogen (secondary N) is 1. The summed E-state index contributed by atoms with van der Waals surface area (Å²) in [6.07, 6.45) is 5.49. The third kappa shape index (κ3) is 3.22. The maximum atomic E-state index is 13.7. The molecule has 4 aromatic rings. The Hall–Kier alpha value is -3.88. The number of nitrogens with zero attached hydrogens (tertiary/aromatic N) is 3. The number of rotatable bonds is 5. The zero-order chi connectivity index (χ0) is 25.6. The molecule has 2 atom stereocenters. The number of alkyl halides is 1. The summed E-state index contributed by atoms with van der Waals surface area (Å²) in [4.78, 5) is 27.6. The zero-order valence-electron chi connectivity index (χ0n) is 20.9. The van der Waals surface area contributed by atoms with Gasteiger partial charge in [-0.1, -0.05) is 0 Å². The molecule has 8 rings (SSSR count). The molecule has 37 heavy (non-hydrogen) atoms. The molecule has 2 bridgehead atoms. The van der Waals surface area contributed by atoms with E-state index in [1.54, 1.807) is 49.0 Å².